The number of hydrogen-bond acceptors (Lipinski definition) is 3. The summed E-state index contributed by atoms with van der Waals surface area (Å²) in [5.41, 5.74) is 0. The van der Waals surface area contributed by atoms with Crippen LogP contribution in [0.4, 0.5) is 0 Å². The highest BCUT2D eigenvalue weighted by atomic mass is 32.2. The van der Waals surface area contributed by atoms with E-state index >= 15 is 0 Å². The van der Waals surface area contributed by atoms with E-state index in [-0.39, 0.29) is 4.75 Å². The van der Waals surface area contributed by atoms with Crippen molar-refractivity contribution in [3.8, 4) is 0 Å². The lowest BCUT2D eigenvalue weighted by Gasteiger charge is -2.25. The second-order valence-electron chi connectivity index (χ2n) is 3.28. The minimum absolute atomic E-state index is 0.272. The smallest absolute Gasteiger partial charge is 0.141 e. The molecule has 0 aliphatic carbocycles. The molecule has 0 N–H and O–H groups in total. The van der Waals surface area contributed by atoms with Crippen molar-refractivity contribution in [1.82, 2.24) is 0 Å². The minimum Gasteiger partial charge on any atom is -0.271 e. The van der Waals surface area contributed by atoms with Crippen LogP contribution in [0.25, 0.3) is 0 Å². The van der Waals surface area contributed by atoms with E-state index in [4.69, 9.17) is 0 Å². The van der Waals surface area contributed by atoms with Crippen molar-refractivity contribution in [2.75, 3.05) is 6.26 Å². The first-order chi connectivity index (χ1) is 5.08. The fourth-order valence-corrected chi connectivity index (χ4v) is 3.02. The summed E-state index contributed by atoms with van der Waals surface area (Å²) in [5.74, 6) is 0.674. The number of aliphatic imine (C=N–C) groups is 1. The molecule has 0 spiro atoms. The van der Waals surface area contributed by atoms with Gasteiger partial charge in [0.1, 0.15) is 4.71 Å². The van der Waals surface area contributed by atoms with Gasteiger partial charge in [0.25, 0.3) is 0 Å². The van der Waals surface area contributed by atoms with Crippen LogP contribution in [0, 0.1) is 5.92 Å². The molecule has 2 atom stereocenters. The molecule has 1 aliphatic heterocycles. The van der Waals surface area contributed by atoms with Gasteiger partial charge in [-0.1, -0.05) is 13.8 Å². The third-order valence-corrected chi connectivity index (χ3v) is 4.95. The van der Waals surface area contributed by atoms with Gasteiger partial charge in [-0.3, -0.25) is 4.99 Å². The minimum atomic E-state index is 0.272. The van der Waals surface area contributed by atoms with Crippen molar-refractivity contribution >= 4 is 29.7 Å². The maximum atomic E-state index is 4.43. The van der Waals surface area contributed by atoms with E-state index in [0.29, 0.717) is 10.6 Å². The third kappa shape index (κ3) is 1.94. The van der Waals surface area contributed by atoms with Crippen molar-refractivity contribution in [2.24, 2.45) is 10.9 Å². The molecule has 0 bridgehead atoms. The lowest BCUT2D eigenvalue weighted by molar-refractivity contribution is 0.585. The first kappa shape index (κ1) is 9.46. The number of thioether (sulfide) groups is 2. The molecule has 1 nitrogen and oxygen atoms in total. The van der Waals surface area contributed by atoms with Gasteiger partial charge in [0.15, 0.2) is 0 Å². The van der Waals surface area contributed by atoms with E-state index in [2.05, 4.69) is 38.2 Å². The summed E-state index contributed by atoms with van der Waals surface area (Å²) >= 11 is 3.78. The molecule has 0 radical (unpaired) electrons. The van der Waals surface area contributed by atoms with E-state index < -0.39 is 0 Å². The molecule has 0 aromatic carbocycles. The molecule has 0 aromatic heterocycles. The van der Waals surface area contributed by atoms with Gasteiger partial charge < -0.3 is 0 Å². The van der Waals surface area contributed by atoms with Gasteiger partial charge in [-0.25, -0.2) is 0 Å². The van der Waals surface area contributed by atoms with Crippen LogP contribution >= 0.6 is 23.5 Å². The topological polar surface area (TPSA) is 12.4 Å². The van der Waals surface area contributed by atoms with Crippen molar-refractivity contribution in [2.45, 2.75) is 30.2 Å². The summed E-state index contributed by atoms with van der Waals surface area (Å²) in [6.07, 6.45) is 4.23. The predicted molar refractivity (Wildman–Crippen MR) is 56.6 cm³/mol. The van der Waals surface area contributed by atoms with Crippen molar-refractivity contribution in [3.63, 3.8) is 0 Å². The molecule has 1 heterocycles. The van der Waals surface area contributed by atoms with Gasteiger partial charge in [-0.05, 0) is 19.1 Å². The van der Waals surface area contributed by atoms with Crippen molar-refractivity contribution < 1.29 is 0 Å². The van der Waals surface area contributed by atoms with Gasteiger partial charge in [0.05, 0.1) is 4.75 Å². The molecule has 0 aromatic rings. The summed E-state index contributed by atoms with van der Waals surface area (Å²) in [4.78, 5) is 4.43. The Labute approximate surface area is 77.4 Å². The Bertz CT molecular complexity index is 167. The number of hydrogen-bond donors (Lipinski definition) is 0. The molecule has 11 heavy (non-hydrogen) atoms. The van der Waals surface area contributed by atoms with Gasteiger partial charge in [0, 0.05) is 6.21 Å². The molecule has 0 fully saturated rings. The molecular weight excluding hydrogens is 174 g/mol. The molecule has 3 heteroatoms. The van der Waals surface area contributed by atoms with Crippen LogP contribution in [0.3, 0.4) is 0 Å². The molecule has 1 unspecified atom stereocenters. The van der Waals surface area contributed by atoms with Crippen LogP contribution in [0.5, 0.6) is 0 Å². The van der Waals surface area contributed by atoms with Crippen molar-refractivity contribution in [1.29, 1.82) is 0 Å². The summed E-state index contributed by atoms with van der Waals surface area (Å²) in [6.45, 7) is 6.77. The molecule has 0 saturated carbocycles. The quantitative estimate of drug-likeness (QED) is 0.662. The first-order valence-electron chi connectivity index (χ1n) is 3.83. The second kappa shape index (κ2) is 3.40. The zero-order valence-electron chi connectivity index (χ0n) is 7.50. The number of nitrogens with zero attached hydrogens (tertiary/aromatic N) is 1. The highest BCUT2D eigenvalue weighted by Gasteiger charge is 2.34. The lowest BCUT2D eigenvalue weighted by atomic mass is 9.99. The Morgan fingerprint density at radius 2 is 2.27 bits per heavy atom. The third-order valence-electron chi connectivity index (χ3n) is 2.16. The van der Waals surface area contributed by atoms with E-state index in [1.54, 1.807) is 0 Å². The van der Waals surface area contributed by atoms with Crippen LogP contribution in [0.2, 0.25) is 0 Å². The zero-order valence-corrected chi connectivity index (χ0v) is 9.13. The SMILES string of the molecule is CS[C@@H]1N=CC(C)(C(C)C)S1. The van der Waals surface area contributed by atoms with Crippen LogP contribution in [0.15, 0.2) is 4.99 Å². The van der Waals surface area contributed by atoms with Gasteiger partial charge in [-0.15, -0.1) is 23.5 Å². The fourth-order valence-electron chi connectivity index (χ4n) is 0.881. The normalized spacial score (nSPS) is 37.0. The van der Waals surface area contributed by atoms with Gasteiger partial charge in [0.2, 0.25) is 0 Å². The standard InChI is InChI=1S/C8H15NS2/c1-6(2)8(3)5-9-7(10-4)11-8/h5-7H,1-4H3/t7-,8?/m0/s1. The highest BCUT2D eigenvalue weighted by molar-refractivity contribution is 8.17. The Morgan fingerprint density at radius 1 is 1.64 bits per heavy atom. The Kier molecular flexibility index (Phi) is 2.92. The van der Waals surface area contributed by atoms with E-state index in [1.165, 1.54) is 0 Å². The molecular formula is C8H15NS2. The van der Waals surface area contributed by atoms with Gasteiger partial charge >= 0.3 is 0 Å². The van der Waals surface area contributed by atoms with Gasteiger partial charge in [-0.2, -0.15) is 0 Å². The van der Waals surface area contributed by atoms with Crippen LogP contribution in [0.1, 0.15) is 20.8 Å². The lowest BCUT2D eigenvalue weighted by Crippen LogP contribution is -2.26. The number of rotatable bonds is 2. The van der Waals surface area contributed by atoms with Crippen LogP contribution in [-0.2, 0) is 0 Å². The monoisotopic (exact) mass is 189 g/mol. The average Bonchev–Trinajstić information content (AvgIpc) is 2.33. The molecule has 0 saturated heterocycles. The summed E-state index contributed by atoms with van der Waals surface area (Å²) in [6, 6.07) is 0. The second-order valence-corrected chi connectivity index (χ2v) is 6.06. The van der Waals surface area contributed by atoms with Crippen molar-refractivity contribution in [3.05, 3.63) is 0 Å². The average molecular weight is 189 g/mol. The Hall–Kier alpha value is 0.370. The first-order valence-corrected chi connectivity index (χ1v) is 6.00. The summed E-state index contributed by atoms with van der Waals surface area (Å²) in [7, 11) is 0. The highest BCUT2D eigenvalue weighted by Crippen LogP contribution is 2.42. The predicted octanol–water partition coefficient (Wildman–Crippen LogP) is 2.87. The summed E-state index contributed by atoms with van der Waals surface area (Å²) < 4.78 is 0.704. The van der Waals surface area contributed by atoms with E-state index in [9.17, 15) is 0 Å². The molecule has 1 aliphatic rings. The maximum Gasteiger partial charge on any atom is 0.141 e. The van der Waals surface area contributed by atoms with Crippen LogP contribution < -0.4 is 0 Å². The molecule has 1 rings (SSSR count). The molecule has 64 valence electrons. The zero-order chi connectivity index (χ0) is 8.48. The molecule has 0 amide bonds. The van der Waals surface area contributed by atoms with Crippen LogP contribution in [-0.4, -0.2) is 21.9 Å². The van der Waals surface area contributed by atoms with E-state index in [0.717, 1.165) is 0 Å². The largest absolute Gasteiger partial charge is 0.271 e. The van der Waals surface area contributed by atoms with E-state index in [1.807, 2.05) is 23.5 Å². The Balaban J connectivity index is 2.60. The Morgan fingerprint density at radius 3 is 2.55 bits per heavy atom. The summed E-state index contributed by atoms with van der Waals surface area (Å²) in [5, 5.41) is 0. The fraction of sp³-hybridized carbons (Fsp3) is 0.875. The maximum absolute atomic E-state index is 4.43.